The van der Waals surface area contributed by atoms with Gasteiger partial charge in [-0.3, -0.25) is 14.8 Å². The van der Waals surface area contributed by atoms with Crippen LogP contribution in [0.4, 0.5) is 10.6 Å². The molecule has 5 N–H and O–H groups in total. The van der Waals surface area contributed by atoms with Crippen LogP contribution in [0.1, 0.15) is 18.5 Å². The number of carbonyl (C=O) groups is 2. The van der Waals surface area contributed by atoms with Crippen LogP contribution in [0.25, 0.3) is 0 Å². The van der Waals surface area contributed by atoms with E-state index in [0.717, 1.165) is 5.56 Å². The predicted octanol–water partition coefficient (Wildman–Crippen LogP) is -0.470. The fourth-order valence-electron chi connectivity index (χ4n) is 1.04. The van der Waals surface area contributed by atoms with E-state index in [1.165, 1.54) is 4.68 Å². The lowest BCUT2D eigenvalue weighted by Crippen LogP contribution is -2.39. The Bertz CT molecular complexity index is 378. The van der Waals surface area contributed by atoms with Gasteiger partial charge < -0.3 is 11.5 Å². The summed E-state index contributed by atoms with van der Waals surface area (Å²) in [6, 6.07) is -1.52. The van der Waals surface area contributed by atoms with Gasteiger partial charge in [0.15, 0.2) is 0 Å². The first kappa shape index (κ1) is 11.0. The Labute approximate surface area is 86.4 Å². The Morgan fingerprint density at radius 2 is 2.20 bits per heavy atom. The van der Waals surface area contributed by atoms with Gasteiger partial charge in [0.1, 0.15) is 11.9 Å². The van der Waals surface area contributed by atoms with E-state index in [-0.39, 0.29) is 0 Å². The first-order valence-electron chi connectivity index (χ1n) is 4.33. The molecule has 82 valence electrons. The van der Waals surface area contributed by atoms with Gasteiger partial charge >= 0.3 is 6.03 Å². The van der Waals surface area contributed by atoms with E-state index in [1.807, 2.05) is 5.32 Å². The molecule has 7 nitrogen and oxygen atoms in total. The monoisotopic (exact) mass is 211 g/mol. The number of nitrogens with one attached hydrogen (secondary N) is 1. The fourth-order valence-corrected chi connectivity index (χ4v) is 1.04. The van der Waals surface area contributed by atoms with Gasteiger partial charge in [-0.25, -0.2) is 4.79 Å². The summed E-state index contributed by atoms with van der Waals surface area (Å²) in [6.07, 6.45) is 1.63. The highest BCUT2D eigenvalue weighted by Crippen LogP contribution is 2.11. The van der Waals surface area contributed by atoms with Crippen molar-refractivity contribution in [2.75, 3.05) is 5.73 Å². The van der Waals surface area contributed by atoms with Gasteiger partial charge in [0, 0.05) is 11.8 Å². The summed E-state index contributed by atoms with van der Waals surface area (Å²) in [7, 11) is 0. The average molecular weight is 211 g/mol. The molecule has 3 amide bonds. The van der Waals surface area contributed by atoms with E-state index in [2.05, 4.69) is 5.10 Å². The molecule has 1 heterocycles. The highest BCUT2D eigenvalue weighted by molar-refractivity contribution is 5.95. The van der Waals surface area contributed by atoms with Gasteiger partial charge in [-0.15, -0.1) is 0 Å². The third-order valence-corrected chi connectivity index (χ3v) is 1.98. The lowest BCUT2D eigenvalue weighted by molar-refractivity contribution is -0.122. The van der Waals surface area contributed by atoms with E-state index < -0.39 is 18.0 Å². The zero-order valence-corrected chi connectivity index (χ0v) is 8.52. The number of nitrogen functional groups attached to an aromatic ring is 1. The van der Waals surface area contributed by atoms with Crippen LogP contribution in [0.15, 0.2) is 6.20 Å². The van der Waals surface area contributed by atoms with Crippen LogP contribution in [-0.2, 0) is 4.79 Å². The summed E-state index contributed by atoms with van der Waals surface area (Å²) >= 11 is 0. The lowest BCUT2D eigenvalue weighted by atomic mass is 10.3. The van der Waals surface area contributed by atoms with Gasteiger partial charge in [-0.05, 0) is 13.8 Å². The fraction of sp³-hybridized carbons (Fsp3) is 0.375. The van der Waals surface area contributed by atoms with Crippen molar-refractivity contribution in [3.8, 4) is 0 Å². The van der Waals surface area contributed by atoms with Gasteiger partial charge in [-0.1, -0.05) is 0 Å². The van der Waals surface area contributed by atoms with Gasteiger partial charge in [-0.2, -0.15) is 5.10 Å². The van der Waals surface area contributed by atoms with Crippen molar-refractivity contribution in [1.82, 2.24) is 15.1 Å². The van der Waals surface area contributed by atoms with E-state index >= 15 is 0 Å². The van der Waals surface area contributed by atoms with Crippen LogP contribution in [-0.4, -0.2) is 21.7 Å². The van der Waals surface area contributed by atoms with Crippen LogP contribution in [0, 0.1) is 6.92 Å². The van der Waals surface area contributed by atoms with Crippen LogP contribution in [0.5, 0.6) is 0 Å². The number of primary amides is 1. The van der Waals surface area contributed by atoms with Crippen molar-refractivity contribution in [3.05, 3.63) is 11.8 Å². The summed E-state index contributed by atoms with van der Waals surface area (Å²) in [6.45, 7) is 3.36. The molecule has 1 atom stereocenters. The molecular weight excluding hydrogens is 198 g/mol. The summed E-state index contributed by atoms with van der Waals surface area (Å²) in [5, 5.41) is 5.89. The molecule has 1 rings (SSSR count). The number of hydrogen-bond acceptors (Lipinski definition) is 4. The molecule has 15 heavy (non-hydrogen) atoms. The number of nitrogens with two attached hydrogens (primary N) is 2. The number of nitrogens with zero attached hydrogens (tertiary/aromatic N) is 2. The molecule has 0 aliphatic heterocycles. The molecule has 1 aromatic heterocycles. The molecule has 0 aliphatic carbocycles. The third kappa shape index (κ3) is 2.46. The number of anilines is 1. The molecule has 0 saturated heterocycles. The van der Waals surface area contributed by atoms with Crippen molar-refractivity contribution >= 4 is 17.8 Å². The number of aromatic nitrogens is 2. The minimum atomic E-state index is -0.885. The van der Waals surface area contributed by atoms with Crippen molar-refractivity contribution in [1.29, 1.82) is 0 Å². The quantitative estimate of drug-likeness (QED) is 0.613. The molecule has 0 fully saturated rings. The van der Waals surface area contributed by atoms with Crippen molar-refractivity contribution < 1.29 is 9.59 Å². The Morgan fingerprint density at radius 3 is 2.60 bits per heavy atom. The molecular formula is C8H13N5O2. The first-order chi connectivity index (χ1) is 6.91. The van der Waals surface area contributed by atoms with Gasteiger partial charge in [0.05, 0.1) is 0 Å². The van der Waals surface area contributed by atoms with Gasteiger partial charge in [0.2, 0.25) is 0 Å². The maximum atomic E-state index is 11.4. The Morgan fingerprint density at radius 1 is 1.60 bits per heavy atom. The number of urea groups is 1. The Kier molecular flexibility index (Phi) is 2.93. The maximum Gasteiger partial charge on any atom is 0.318 e. The van der Waals surface area contributed by atoms with Gasteiger partial charge in [0.25, 0.3) is 5.91 Å². The minimum Gasteiger partial charge on any atom is -0.382 e. The predicted molar refractivity (Wildman–Crippen MR) is 53.8 cm³/mol. The molecule has 0 aromatic carbocycles. The summed E-state index contributed by atoms with van der Waals surface area (Å²) in [4.78, 5) is 21.8. The van der Waals surface area contributed by atoms with Crippen molar-refractivity contribution in [2.45, 2.75) is 19.9 Å². The molecule has 0 saturated carbocycles. The number of imide groups is 1. The number of amides is 3. The zero-order chi connectivity index (χ0) is 11.6. The first-order valence-corrected chi connectivity index (χ1v) is 4.33. The summed E-state index contributed by atoms with van der Waals surface area (Å²) in [5.41, 5.74) is 11.1. The number of carbonyl (C=O) groups excluding carboxylic acids is 2. The number of aryl methyl sites for hydroxylation is 1. The molecule has 0 aliphatic rings. The largest absolute Gasteiger partial charge is 0.382 e. The van der Waals surface area contributed by atoms with E-state index in [9.17, 15) is 9.59 Å². The average Bonchev–Trinajstić information content (AvgIpc) is 2.44. The third-order valence-electron chi connectivity index (χ3n) is 1.98. The second kappa shape index (κ2) is 3.99. The van der Waals surface area contributed by atoms with E-state index in [1.54, 1.807) is 20.0 Å². The second-order valence-corrected chi connectivity index (χ2v) is 3.21. The van der Waals surface area contributed by atoms with Crippen LogP contribution >= 0.6 is 0 Å². The molecule has 0 bridgehead atoms. The summed E-state index contributed by atoms with van der Waals surface area (Å²) in [5.74, 6) is -0.168. The SMILES string of the molecule is Cc1cn(C(C)C(=O)NC(N)=O)nc1N. The Balaban J connectivity index is 2.80. The Hall–Kier alpha value is -2.05. The molecule has 1 unspecified atom stereocenters. The highest BCUT2D eigenvalue weighted by Gasteiger charge is 2.17. The van der Waals surface area contributed by atoms with E-state index in [0.29, 0.717) is 5.82 Å². The summed E-state index contributed by atoms with van der Waals surface area (Å²) < 4.78 is 1.38. The molecule has 0 radical (unpaired) electrons. The smallest absolute Gasteiger partial charge is 0.318 e. The molecule has 0 spiro atoms. The van der Waals surface area contributed by atoms with Crippen molar-refractivity contribution in [3.63, 3.8) is 0 Å². The van der Waals surface area contributed by atoms with Crippen molar-refractivity contribution in [2.24, 2.45) is 5.73 Å². The standard InChI is InChI=1S/C8H13N5O2/c1-4-3-13(12-6(4)9)5(2)7(14)11-8(10)15/h3,5H,1-2H3,(H2,9,12)(H3,10,11,14,15). The van der Waals surface area contributed by atoms with Crippen LogP contribution in [0.2, 0.25) is 0 Å². The second-order valence-electron chi connectivity index (χ2n) is 3.21. The number of hydrogen-bond donors (Lipinski definition) is 3. The number of rotatable bonds is 2. The van der Waals surface area contributed by atoms with Crippen LogP contribution < -0.4 is 16.8 Å². The maximum absolute atomic E-state index is 11.4. The molecule has 1 aromatic rings. The lowest BCUT2D eigenvalue weighted by Gasteiger charge is -2.10. The van der Waals surface area contributed by atoms with Crippen LogP contribution in [0.3, 0.4) is 0 Å². The highest BCUT2D eigenvalue weighted by atomic mass is 16.2. The zero-order valence-electron chi connectivity index (χ0n) is 8.52. The molecule has 7 heteroatoms. The van der Waals surface area contributed by atoms with E-state index in [4.69, 9.17) is 11.5 Å². The topological polar surface area (TPSA) is 116 Å². The minimum absolute atomic E-state index is 0.355. The normalized spacial score (nSPS) is 12.1.